The SMILES string of the molecule is C=CCOC(=O)c1sc(N2C(=O)C(=O)/C(=C(/O)c3ccc(OCCCC)cc3)C2c2ccc(C)cc2)nc1C. The van der Waals surface area contributed by atoms with Crippen molar-refractivity contribution < 1.29 is 29.0 Å². The van der Waals surface area contributed by atoms with Crippen LogP contribution in [0.25, 0.3) is 5.76 Å². The van der Waals surface area contributed by atoms with E-state index in [1.807, 2.05) is 19.1 Å². The van der Waals surface area contributed by atoms with Crippen molar-refractivity contribution in [2.75, 3.05) is 18.1 Å². The molecule has 1 aromatic heterocycles. The number of thiazole rings is 1. The van der Waals surface area contributed by atoms with Gasteiger partial charge in [0.05, 0.1) is 23.9 Å². The molecule has 4 rings (SSSR count). The predicted molar refractivity (Wildman–Crippen MR) is 150 cm³/mol. The molecule has 9 heteroatoms. The molecule has 0 radical (unpaired) electrons. The highest BCUT2D eigenvalue weighted by Crippen LogP contribution is 2.44. The Bertz CT molecular complexity index is 1420. The molecular weight excluding hydrogens is 516 g/mol. The molecule has 0 spiro atoms. The van der Waals surface area contributed by atoms with Crippen LogP contribution in [0.2, 0.25) is 0 Å². The molecular formula is C30H30N2O6S. The number of amides is 1. The molecule has 1 N–H and O–H groups in total. The van der Waals surface area contributed by atoms with Crippen molar-refractivity contribution in [3.8, 4) is 5.75 Å². The van der Waals surface area contributed by atoms with Gasteiger partial charge in [0, 0.05) is 5.56 Å². The molecule has 1 atom stereocenters. The summed E-state index contributed by atoms with van der Waals surface area (Å²) < 4.78 is 10.8. The lowest BCUT2D eigenvalue weighted by Crippen LogP contribution is -2.29. The smallest absolute Gasteiger partial charge is 0.350 e. The average molecular weight is 547 g/mol. The summed E-state index contributed by atoms with van der Waals surface area (Å²) in [7, 11) is 0. The topological polar surface area (TPSA) is 106 Å². The summed E-state index contributed by atoms with van der Waals surface area (Å²) >= 11 is 0.956. The Kier molecular flexibility index (Phi) is 8.61. The molecule has 1 aliphatic rings. The molecule has 1 amide bonds. The maximum absolute atomic E-state index is 13.4. The predicted octanol–water partition coefficient (Wildman–Crippen LogP) is 5.91. The van der Waals surface area contributed by atoms with Crippen LogP contribution in [0.4, 0.5) is 5.13 Å². The second kappa shape index (κ2) is 12.1. The highest BCUT2D eigenvalue weighted by Gasteiger charge is 2.48. The first-order chi connectivity index (χ1) is 18.8. The first-order valence-corrected chi connectivity index (χ1v) is 13.4. The van der Waals surface area contributed by atoms with Gasteiger partial charge in [-0.3, -0.25) is 14.5 Å². The summed E-state index contributed by atoms with van der Waals surface area (Å²) in [6, 6.07) is 13.1. The Balaban J connectivity index is 1.79. The van der Waals surface area contributed by atoms with E-state index in [0.29, 0.717) is 29.2 Å². The number of aromatic nitrogens is 1. The van der Waals surface area contributed by atoms with Crippen molar-refractivity contribution in [2.24, 2.45) is 0 Å². The van der Waals surface area contributed by atoms with Gasteiger partial charge in [0.25, 0.3) is 5.78 Å². The minimum atomic E-state index is -0.950. The largest absolute Gasteiger partial charge is 0.507 e. The number of hydrogen-bond acceptors (Lipinski definition) is 8. The van der Waals surface area contributed by atoms with E-state index in [9.17, 15) is 19.5 Å². The van der Waals surface area contributed by atoms with Crippen molar-refractivity contribution in [3.05, 3.63) is 94.0 Å². The second-order valence-corrected chi connectivity index (χ2v) is 10.1. The number of aryl methyl sites for hydroxylation is 2. The molecule has 2 aromatic carbocycles. The van der Waals surface area contributed by atoms with Crippen molar-refractivity contribution in [2.45, 2.75) is 39.7 Å². The van der Waals surface area contributed by atoms with Crippen molar-refractivity contribution in [1.29, 1.82) is 0 Å². The molecule has 3 aromatic rings. The molecule has 8 nitrogen and oxygen atoms in total. The maximum Gasteiger partial charge on any atom is 0.350 e. The molecule has 0 aliphatic carbocycles. The van der Waals surface area contributed by atoms with Gasteiger partial charge in [0.2, 0.25) is 0 Å². The van der Waals surface area contributed by atoms with Gasteiger partial charge in [-0.1, -0.05) is 67.2 Å². The Labute approximate surface area is 231 Å². The van der Waals surface area contributed by atoms with Gasteiger partial charge >= 0.3 is 11.9 Å². The van der Waals surface area contributed by atoms with Crippen LogP contribution >= 0.6 is 11.3 Å². The van der Waals surface area contributed by atoms with Gasteiger partial charge in [-0.2, -0.15) is 0 Å². The molecule has 1 aliphatic heterocycles. The molecule has 39 heavy (non-hydrogen) atoms. The molecule has 2 heterocycles. The zero-order valence-corrected chi connectivity index (χ0v) is 22.9. The minimum absolute atomic E-state index is 0.0296. The van der Waals surface area contributed by atoms with Gasteiger partial charge in [-0.05, 0) is 50.1 Å². The van der Waals surface area contributed by atoms with Crippen LogP contribution in [0, 0.1) is 13.8 Å². The van der Waals surface area contributed by atoms with E-state index in [0.717, 1.165) is 29.7 Å². The molecule has 1 fully saturated rings. The lowest BCUT2D eigenvalue weighted by atomic mass is 9.95. The number of ether oxygens (including phenoxy) is 2. The molecule has 202 valence electrons. The fourth-order valence-corrected chi connectivity index (χ4v) is 5.16. The monoisotopic (exact) mass is 546 g/mol. The van der Waals surface area contributed by atoms with E-state index < -0.39 is 23.7 Å². The highest BCUT2D eigenvalue weighted by molar-refractivity contribution is 7.17. The third-order valence-electron chi connectivity index (χ3n) is 6.24. The molecule has 1 unspecified atom stereocenters. The number of benzene rings is 2. The third-order valence-corrected chi connectivity index (χ3v) is 7.38. The van der Waals surface area contributed by atoms with Gasteiger partial charge in [0.15, 0.2) is 5.13 Å². The van der Waals surface area contributed by atoms with E-state index in [1.54, 1.807) is 43.3 Å². The number of aliphatic hydroxyl groups is 1. The normalized spacial score (nSPS) is 16.4. The van der Waals surface area contributed by atoms with E-state index in [1.165, 1.54) is 11.0 Å². The lowest BCUT2D eigenvalue weighted by Gasteiger charge is -2.23. The van der Waals surface area contributed by atoms with Crippen LogP contribution in [0.1, 0.15) is 57.9 Å². The van der Waals surface area contributed by atoms with E-state index in [-0.39, 0.29) is 27.9 Å². The number of Topliss-reactive ketones (excluding diaryl/α,β-unsaturated/α-hetero) is 1. The van der Waals surface area contributed by atoms with Crippen LogP contribution in [0.3, 0.4) is 0 Å². The van der Waals surface area contributed by atoms with E-state index in [2.05, 4.69) is 18.5 Å². The summed E-state index contributed by atoms with van der Waals surface area (Å²) in [6.45, 7) is 9.78. The van der Waals surface area contributed by atoms with Crippen molar-refractivity contribution in [1.82, 2.24) is 4.98 Å². The number of esters is 1. The summed E-state index contributed by atoms with van der Waals surface area (Å²) in [4.78, 5) is 45.2. The quantitative estimate of drug-likeness (QED) is 0.0842. The number of unbranched alkanes of at least 4 members (excludes halogenated alkanes) is 1. The van der Waals surface area contributed by atoms with Crippen LogP contribution in [-0.4, -0.2) is 41.0 Å². The first kappa shape index (κ1) is 27.8. The number of hydrogen-bond donors (Lipinski definition) is 1. The Morgan fingerprint density at radius 2 is 1.82 bits per heavy atom. The van der Waals surface area contributed by atoms with Gasteiger partial charge in [-0.15, -0.1) is 0 Å². The number of aliphatic hydroxyl groups excluding tert-OH is 1. The van der Waals surface area contributed by atoms with E-state index >= 15 is 0 Å². The minimum Gasteiger partial charge on any atom is -0.507 e. The zero-order valence-electron chi connectivity index (χ0n) is 22.1. The maximum atomic E-state index is 13.4. The van der Waals surface area contributed by atoms with Crippen LogP contribution in [0.15, 0.2) is 66.8 Å². The lowest BCUT2D eigenvalue weighted by molar-refractivity contribution is -0.132. The summed E-state index contributed by atoms with van der Waals surface area (Å²) in [5.74, 6) is -1.95. The van der Waals surface area contributed by atoms with Crippen LogP contribution in [-0.2, 0) is 14.3 Å². The fraction of sp³-hybridized carbons (Fsp3) is 0.267. The number of rotatable bonds is 10. The van der Waals surface area contributed by atoms with Gasteiger partial charge in [0.1, 0.15) is 23.0 Å². The van der Waals surface area contributed by atoms with Crippen molar-refractivity contribution in [3.63, 3.8) is 0 Å². The standard InChI is InChI=1S/C30H30N2O6S/c1-5-7-17-37-22-14-12-21(13-15-22)25(33)23-24(20-10-8-18(3)9-11-20)32(28(35)26(23)34)30-31-19(4)27(39-30)29(36)38-16-6-2/h6,8-15,24,33H,2,5,7,16-17H2,1,3-4H3/b25-23+. The van der Waals surface area contributed by atoms with Gasteiger partial charge < -0.3 is 14.6 Å². The second-order valence-electron chi connectivity index (χ2n) is 9.10. The van der Waals surface area contributed by atoms with E-state index in [4.69, 9.17) is 9.47 Å². The Morgan fingerprint density at radius 3 is 2.46 bits per heavy atom. The Morgan fingerprint density at radius 1 is 1.13 bits per heavy atom. The first-order valence-electron chi connectivity index (χ1n) is 12.6. The number of nitrogens with zero attached hydrogens (tertiary/aromatic N) is 2. The number of carbonyl (C=O) groups excluding carboxylic acids is 3. The van der Waals surface area contributed by atoms with Crippen molar-refractivity contribution >= 4 is 39.9 Å². The van der Waals surface area contributed by atoms with Crippen LogP contribution in [0.5, 0.6) is 5.75 Å². The number of anilines is 1. The molecule has 0 saturated carbocycles. The zero-order chi connectivity index (χ0) is 28.1. The summed E-state index contributed by atoms with van der Waals surface area (Å²) in [6.07, 6.45) is 3.38. The molecule has 0 bridgehead atoms. The van der Waals surface area contributed by atoms with Crippen LogP contribution < -0.4 is 9.64 Å². The van der Waals surface area contributed by atoms with Gasteiger partial charge in [-0.25, -0.2) is 9.78 Å². The number of carbonyl (C=O) groups is 3. The fourth-order valence-electron chi connectivity index (χ4n) is 4.17. The number of ketones is 1. The Hall–Kier alpha value is -4.24. The highest BCUT2D eigenvalue weighted by atomic mass is 32.1. The average Bonchev–Trinajstić information content (AvgIpc) is 3.44. The third kappa shape index (κ3) is 5.78. The molecule has 1 saturated heterocycles. The summed E-state index contributed by atoms with van der Waals surface area (Å²) in [5, 5.41) is 11.5. The summed E-state index contributed by atoms with van der Waals surface area (Å²) in [5.41, 5.74) is 2.28.